The van der Waals surface area contributed by atoms with Crippen molar-refractivity contribution in [1.29, 1.82) is 0 Å². The normalized spacial score (nSPS) is 10.3. The number of methoxy groups -OCH3 is 1. The Morgan fingerprint density at radius 3 is 2.67 bits per heavy atom. The van der Waals surface area contributed by atoms with Crippen molar-refractivity contribution in [3.05, 3.63) is 76.8 Å². The van der Waals surface area contributed by atoms with Gasteiger partial charge < -0.3 is 15.4 Å². The molecule has 0 saturated heterocycles. The van der Waals surface area contributed by atoms with Crippen molar-refractivity contribution in [2.75, 3.05) is 12.4 Å². The van der Waals surface area contributed by atoms with E-state index < -0.39 is 0 Å². The lowest BCUT2D eigenvalue weighted by molar-refractivity contribution is 0.0946. The molecule has 2 heterocycles. The van der Waals surface area contributed by atoms with Crippen molar-refractivity contribution in [2.24, 2.45) is 0 Å². The van der Waals surface area contributed by atoms with Crippen LogP contribution in [0.1, 0.15) is 21.6 Å². The van der Waals surface area contributed by atoms with Crippen LogP contribution in [0.4, 0.5) is 11.4 Å². The van der Waals surface area contributed by atoms with Gasteiger partial charge in [-0.2, -0.15) is 0 Å². The van der Waals surface area contributed by atoms with E-state index in [4.69, 9.17) is 16.3 Å². The number of ether oxygens (including phenoxy) is 1. The molecule has 2 N–H and O–H groups in total. The highest BCUT2D eigenvalue weighted by Gasteiger charge is 2.11. The Morgan fingerprint density at radius 1 is 1.15 bits per heavy atom. The zero-order valence-corrected chi connectivity index (χ0v) is 15.7. The van der Waals surface area contributed by atoms with Gasteiger partial charge in [0.2, 0.25) is 0 Å². The molecular weight excluding hydrogens is 364 g/mol. The van der Waals surface area contributed by atoms with Gasteiger partial charge >= 0.3 is 0 Å². The molecule has 7 heteroatoms. The molecule has 3 aromatic rings. The van der Waals surface area contributed by atoms with Gasteiger partial charge in [0.15, 0.2) is 0 Å². The molecule has 138 valence electrons. The topological polar surface area (TPSA) is 76.1 Å². The number of anilines is 2. The summed E-state index contributed by atoms with van der Waals surface area (Å²) in [5.74, 6) is 0.362. The van der Waals surface area contributed by atoms with E-state index in [1.807, 2.05) is 25.1 Å². The molecule has 2 aromatic heterocycles. The molecule has 1 aromatic carbocycles. The zero-order valence-electron chi connectivity index (χ0n) is 15.0. The zero-order chi connectivity index (χ0) is 19.2. The minimum Gasteiger partial charge on any atom is -0.495 e. The first-order chi connectivity index (χ1) is 13.1. The lowest BCUT2D eigenvalue weighted by atomic mass is 10.2. The summed E-state index contributed by atoms with van der Waals surface area (Å²) in [7, 11) is 1.58. The van der Waals surface area contributed by atoms with Crippen LogP contribution in [0.3, 0.4) is 0 Å². The molecule has 0 aliphatic rings. The number of aromatic nitrogens is 2. The number of rotatable bonds is 6. The van der Waals surface area contributed by atoms with E-state index in [1.54, 1.807) is 43.9 Å². The van der Waals surface area contributed by atoms with E-state index in [2.05, 4.69) is 20.6 Å². The summed E-state index contributed by atoms with van der Waals surface area (Å²) >= 11 is 6.15. The SMILES string of the molecule is COc1cc(Cl)c(C)cc1Nc1ccnc(C(=O)NCc2ccncc2)c1. The summed E-state index contributed by atoms with van der Waals surface area (Å²) in [6, 6.07) is 10.8. The van der Waals surface area contributed by atoms with Crippen LogP contribution in [0.2, 0.25) is 5.02 Å². The Bertz CT molecular complexity index is 948. The van der Waals surface area contributed by atoms with Crippen molar-refractivity contribution in [3.8, 4) is 5.75 Å². The van der Waals surface area contributed by atoms with Crippen LogP contribution in [-0.4, -0.2) is 23.0 Å². The number of hydrogen-bond acceptors (Lipinski definition) is 5. The minimum atomic E-state index is -0.255. The van der Waals surface area contributed by atoms with Crippen molar-refractivity contribution in [2.45, 2.75) is 13.5 Å². The van der Waals surface area contributed by atoms with Gasteiger partial charge in [0.1, 0.15) is 11.4 Å². The Morgan fingerprint density at radius 2 is 1.93 bits per heavy atom. The smallest absolute Gasteiger partial charge is 0.270 e. The van der Waals surface area contributed by atoms with Gasteiger partial charge in [-0.25, -0.2) is 0 Å². The van der Waals surface area contributed by atoms with Gasteiger partial charge in [0.25, 0.3) is 5.91 Å². The maximum atomic E-state index is 12.4. The fourth-order valence-electron chi connectivity index (χ4n) is 2.49. The first-order valence-corrected chi connectivity index (χ1v) is 8.69. The van der Waals surface area contributed by atoms with E-state index in [0.29, 0.717) is 23.0 Å². The van der Waals surface area contributed by atoms with Gasteiger partial charge in [-0.3, -0.25) is 14.8 Å². The number of aryl methyl sites for hydroxylation is 1. The van der Waals surface area contributed by atoms with Crippen LogP contribution >= 0.6 is 11.6 Å². The van der Waals surface area contributed by atoms with Crippen LogP contribution in [0.15, 0.2) is 55.0 Å². The third-order valence-electron chi connectivity index (χ3n) is 3.95. The molecule has 0 radical (unpaired) electrons. The number of carbonyl (C=O) groups is 1. The number of halogens is 1. The van der Waals surface area contributed by atoms with Gasteiger partial charge in [0, 0.05) is 41.9 Å². The highest BCUT2D eigenvalue weighted by molar-refractivity contribution is 6.31. The van der Waals surface area contributed by atoms with Crippen LogP contribution in [-0.2, 0) is 6.54 Å². The number of hydrogen-bond donors (Lipinski definition) is 2. The van der Waals surface area contributed by atoms with Crippen molar-refractivity contribution < 1.29 is 9.53 Å². The van der Waals surface area contributed by atoms with Crippen LogP contribution < -0.4 is 15.4 Å². The minimum absolute atomic E-state index is 0.255. The van der Waals surface area contributed by atoms with Crippen LogP contribution in [0.25, 0.3) is 0 Å². The average Bonchev–Trinajstić information content (AvgIpc) is 2.69. The molecule has 0 aliphatic carbocycles. The van der Waals surface area contributed by atoms with Gasteiger partial charge in [-0.05, 0) is 48.4 Å². The fourth-order valence-corrected chi connectivity index (χ4v) is 2.64. The van der Waals surface area contributed by atoms with E-state index in [9.17, 15) is 4.79 Å². The van der Waals surface area contributed by atoms with E-state index in [0.717, 1.165) is 22.5 Å². The summed E-state index contributed by atoms with van der Waals surface area (Å²) in [6.07, 6.45) is 4.95. The van der Waals surface area contributed by atoms with E-state index in [1.165, 1.54) is 0 Å². The Balaban J connectivity index is 1.74. The molecule has 0 fully saturated rings. The quantitative estimate of drug-likeness (QED) is 0.670. The molecule has 3 rings (SSSR count). The number of amides is 1. The molecular formula is C20H19ClN4O2. The summed E-state index contributed by atoms with van der Waals surface area (Å²) < 4.78 is 5.37. The van der Waals surface area contributed by atoms with Crippen LogP contribution in [0, 0.1) is 6.92 Å². The second-order valence-electron chi connectivity index (χ2n) is 5.89. The van der Waals surface area contributed by atoms with Gasteiger partial charge in [-0.1, -0.05) is 11.6 Å². The molecule has 1 amide bonds. The Labute approximate surface area is 162 Å². The van der Waals surface area contributed by atoms with Crippen molar-refractivity contribution in [1.82, 2.24) is 15.3 Å². The first-order valence-electron chi connectivity index (χ1n) is 8.31. The lowest BCUT2D eigenvalue weighted by Crippen LogP contribution is -2.23. The molecule has 6 nitrogen and oxygen atoms in total. The molecule has 0 bridgehead atoms. The third kappa shape index (κ3) is 4.74. The summed E-state index contributed by atoms with van der Waals surface area (Å²) in [4.78, 5) is 20.5. The predicted octanol–water partition coefficient (Wildman–Crippen LogP) is 4.12. The maximum Gasteiger partial charge on any atom is 0.270 e. The molecule has 0 unspecified atom stereocenters. The number of carbonyl (C=O) groups excluding carboxylic acids is 1. The summed E-state index contributed by atoms with van der Waals surface area (Å²) in [5.41, 5.74) is 3.69. The van der Waals surface area contributed by atoms with Crippen LogP contribution in [0.5, 0.6) is 5.75 Å². The molecule has 0 spiro atoms. The number of pyridine rings is 2. The molecule has 0 saturated carbocycles. The van der Waals surface area contributed by atoms with Gasteiger partial charge in [0.05, 0.1) is 12.8 Å². The lowest BCUT2D eigenvalue weighted by Gasteiger charge is -2.13. The third-order valence-corrected chi connectivity index (χ3v) is 4.36. The largest absolute Gasteiger partial charge is 0.495 e. The fraction of sp³-hybridized carbons (Fsp3) is 0.150. The molecule has 0 aliphatic heterocycles. The highest BCUT2D eigenvalue weighted by Crippen LogP contribution is 2.33. The van der Waals surface area contributed by atoms with Gasteiger partial charge in [-0.15, -0.1) is 0 Å². The average molecular weight is 383 g/mol. The Hall–Kier alpha value is -3.12. The summed E-state index contributed by atoms with van der Waals surface area (Å²) in [5, 5.41) is 6.72. The molecule has 27 heavy (non-hydrogen) atoms. The monoisotopic (exact) mass is 382 g/mol. The number of nitrogens with zero attached hydrogens (tertiary/aromatic N) is 2. The number of nitrogens with one attached hydrogen (secondary N) is 2. The second-order valence-corrected chi connectivity index (χ2v) is 6.30. The Kier molecular flexibility index (Phi) is 5.88. The standard InChI is InChI=1S/C20H19ClN4O2/c1-13-9-17(19(27-2)11-16(13)21)25-15-5-8-23-18(10-15)20(26)24-12-14-3-6-22-7-4-14/h3-11H,12H2,1-2H3,(H,23,25)(H,24,26). The van der Waals surface area contributed by atoms with Crippen molar-refractivity contribution >= 4 is 28.9 Å². The van der Waals surface area contributed by atoms with E-state index in [-0.39, 0.29) is 5.91 Å². The second kappa shape index (κ2) is 8.51. The summed E-state index contributed by atoms with van der Waals surface area (Å²) in [6.45, 7) is 2.32. The molecule has 0 atom stereocenters. The van der Waals surface area contributed by atoms with E-state index >= 15 is 0 Å². The highest BCUT2D eigenvalue weighted by atomic mass is 35.5. The number of benzene rings is 1. The maximum absolute atomic E-state index is 12.4. The predicted molar refractivity (Wildman–Crippen MR) is 106 cm³/mol. The van der Waals surface area contributed by atoms with Crippen molar-refractivity contribution in [3.63, 3.8) is 0 Å². The first kappa shape index (κ1) is 18.7.